The molecule has 0 saturated carbocycles. The molecule has 2 N–H and O–H groups in total. The van der Waals surface area contributed by atoms with E-state index in [1.54, 1.807) is 0 Å². The van der Waals surface area contributed by atoms with Crippen molar-refractivity contribution in [3.8, 4) is 0 Å². The minimum absolute atomic E-state index is 0. The smallest absolute Gasteiger partial charge is 0.0581 e. The predicted molar refractivity (Wildman–Crippen MR) is 67.1 cm³/mol. The fourth-order valence-corrected chi connectivity index (χ4v) is 2.84. The summed E-state index contributed by atoms with van der Waals surface area (Å²) in [6.07, 6.45) is 7.37. The van der Waals surface area contributed by atoms with Crippen LogP contribution in [0.1, 0.15) is 38.5 Å². The van der Waals surface area contributed by atoms with Gasteiger partial charge >= 0.3 is 0 Å². The quantitative estimate of drug-likeness (QED) is 0.801. The van der Waals surface area contributed by atoms with Crippen molar-refractivity contribution in [3.63, 3.8) is 0 Å². The summed E-state index contributed by atoms with van der Waals surface area (Å²) in [6.45, 7) is 3.35. The molecule has 4 heteroatoms. The molecule has 2 fully saturated rings. The number of piperidine rings is 1. The average Bonchev–Trinajstić information content (AvgIpc) is 2.32. The van der Waals surface area contributed by atoms with E-state index in [9.17, 15) is 5.11 Å². The SMILES string of the molecule is Cl.OCC1(CC2CCCCO2)CCNCC1. The first-order chi connectivity index (χ1) is 7.35. The van der Waals surface area contributed by atoms with Gasteiger partial charge < -0.3 is 15.2 Å². The number of halogens is 1. The molecule has 0 radical (unpaired) electrons. The third-order valence-electron chi connectivity index (χ3n) is 3.93. The molecule has 2 rings (SSSR count). The summed E-state index contributed by atoms with van der Waals surface area (Å²) in [6, 6.07) is 0. The summed E-state index contributed by atoms with van der Waals surface area (Å²) in [5.41, 5.74) is 0.146. The highest BCUT2D eigenvalue weighted by atomic mass is 35.5. The molecule has 3 nitrogen and oxygen atoms in total. The number of aliphatic hydroxyl groups excluding tert-OH is 1. The van der Waals surface area contributed by atoms with E-state index < -0.39 is 0 Å². The number of ether oxygens (including phenoxy) is 1. The summed E-state index contributed by atoms with van der Waals surface area (Å²) < 4.78 is 5.78. The second-order valence-corrected chi connectivity index (χ2v) is 5.10. The van der Waals surface area contributed by atoms with Gasteiger partial charge in [-0.1, -0.05) is 0 Å². The lowest BCUT2D eigenvalue weighted by Gasteiger charge is -2.39. The van der Waals surface area contributed by atoms with Crippen LogP contribution in [0.5, 0.6) is 0 Å². The van der Waals surface area contributed by atoms with Gasteiger partial charge in [0.2, 0.25) is 0 Å². The number of nitrogens with one attached hydrogen (secondary N) is 1. The average molecular weight is 250 g/mol. The van der Waals surface area contributed by atoms with Gasteiger partial charge in [0.15, 0.2) is 0 Å². The monoisotopic (exact) mass is 249 g/mol. The van der Waals surface area contributed by atoms with Crippen LogP contribution >= 0.6 is 12.4 Å². The van der Waals surface area contributed by atoms with Gasteiger partial charge in [-0.25, -0.2) is 0 Å². The Labute approximate surface area is 104 Å². The predicted octanol–water partition coefficient (Wildman–Crippen LogP) is 1.73. The standard InChI is InChI=1S/C12H23NO2.ClH/c14-10-12(4-6-13-7-5-12)9-11-3-1-2-8-15-11;/h11,13-14H,1-10H2;1H. The molecule has 2 aliphatic rings. The lowest BCUT2D eigenvalue weighted by atomic mass is 9.74. The second kappa shape index (κ2) is 6.80. The van der Waals surface area contributed by atoms with Crippen molar-refractivity contribution in [1.29, 1.82) is 0 Å². The molecule has 0 amide bonds. The van der Waals surface area contributed by atoms with Gasteiger partial charge in [0.25, 0.3) is 0 Å². The Hall–Kier alpha value is 0.170. The highest BCUT2D eigenvalue weighted by molar-refractivity contribution is 5.85. The van der Waals surface area contributed by atoms with Crippen LogP contribution < -0.4 is 5.32 Å². The maximum Gasteiger partial charge on any atom is 0.0581 e. The highest BCUT2D eigenvalue weighted by Gasteiger charge is 2.34. The van der Waals surface area contributed by atoms with E-state index in [4.69, 9.17) is 4.74 Å². The van der Waals surface area contributed by atoms with Crippen molar-refractivity contribution >= 4 is 12.4 Å². The Morgan fingerprint density at radius 2 is 2.00 bits per heavy atom. The Balaban J connectivity index is 0.00000128. The summed E-state index contributed by atoms with van der Waals surface area (Å²) in [4.78, 5) is 0. The number of rotatable bonds is 3. The molecular weight excluding hydrogens is 226 g/mol. The van der Waals surface area contributed by atoms with Gasteiger partial charge in [-0.05, 0) is 57.0 Å². The number of aliphatic hydroxyl groups is 1. The van der Waals surface area contributed by atoms with Crippen LogP contribution in [0.3, 0.4) is 0 Å². The van der Waals surface area contributed by atoms with Crippen LogP contribution in [0.15, 0.2) is 0 Å². The molecule has 2 aliphatic heterocycles. The summed E-state index contributed by atoms with van der Waals surface area (Å²) in [7, 11) is 0. The fraction of sp³-hybridized carbons (Fsp3) is 1.00. The molecule has 0 aliphatic carbocycles. The third kappa shape index (κ3) is 3.59. The van der Waals surface area contributed by atoms with E-state index in [1.165, 1.54) is 19.3 Å². The van der Waals surface area contributed by atoms with Gasteiger partial charge in [0, 0.05) is 13.2 Å². The molecule has 0 aromatic heterocycles. The molecule has 2 saturated heterocycles. The summed E-state index contributed by atoms with van der Waals surface area (Å²) in [5, 5.41) is 12.9. The van der Waals surface area contributed by atoms with E-state index in [2.05, 4.69) is 5.32 Å². The Bertz CT molecular complexity index is 189. The lowest BCUT2D eigenvalue weighted by molar-refractivity contribution is -0.0372. The van der Waals surface area contributed by atoms with E-state index >= 15 is 0 Å². The molecule has 1 unspecified atom stereocenters. The number of hydrogen-bond acceptors (Lipinski definition) is 3. The zero-order valence-electron chi connectivity index (χ0n) is 9.91. The molecule has 0 aromatic carbocycles. The Kier molecular flexibility index (Phi) is 6.05. The largest absolute Gasteiger partial charge is 0.396 e. The van der Waals surface area contributed by atoms with Gasteiger partial charge in [-0.2, -0.15) is 0 Å². The molecule has 16 heavy (non-hydrogen) atoms. The molecular formula is C12H24ClNO2. The summed E-state index contributed by atoms with van der Waals surface area (Å²) >= 11 is 0. The van der Waals surface area contributed by atoms with Crippen LogP contribution in [0.4, 0.5) is 0 Å². The molecule has 0 aromatic rings. The van der Waals surface area contributed by atoms with Crippen molar-refractivity contribution in [2.45, 2.75) is 44.6 Å². The van der Waals surface area contributed by atoms with Crippen molar-refractivity contribution in [2.75, 3.05) is 26.3 Å². The number of hydrogen-bond donors (Lipinski definition) is 2. The molecule has 1 atom stereocenters. The first kappa shape index (κ1) is 14.2. The van der Waals surface area contributed by atoms with E-state index in [1.807, 2.05) is 0 Å². The zero-order valence-corrected chi connectivity index (χ0v) is 10.7. The van der Waals surface area contributed by atoms with Gasteiger partial charge in [-0.3, -0.25) is 0 Å². The second-order valence-electron chi connectivity index (χ2n) is 5.10. The fourth-order valence-electron chi connectivity index (χ4n) is 2.84. The molecule has 2 heterocycles. The van der Waals surface area contributed by atoms with Gasteiger partial charge in [0.1, 0.15) is 0 Å². The third-order valence-corrected chi connectivity index (χ3v) is 3.93. The first-order valence-electron chi connectivity index (χ1n) is 6.28. The minimum atomic E-state index is 0. The topological polar surface area (TPSA) is 41.5 Å². The van der Waals surface area contributed by atoms with Crippen LogP contribution in [0, 0.1) is 5.41 Å². The normalized spacial score (nSPS) is 29.4. The highest BCUT2D eigenvalue weighted by Crippen LogP contribution is 2.36. The minimum Gasteiger partial charge on any atom is -0.396 e. The van der Waals surface area contributed by atoms with Crippen molar-refractivity contribution in [3.05, 3.63) is 0 Å². The Morgan fingerprint density at radius 1 is 1.25 bits per heavy atom. The van der Waals surface area contributed by atoms with Crippen molar-refractivity contribution in [1.82, 2.24) is 5.32 Å². The first-order valence-corrected chi connectivity index (χ1v) is 6.28. The van der Waals surface area contributed by atoms with Crippen LogP contribution in [0.2, 0.25) is 0 Å². The Morgan fingerprint density at radius 3 is 2.56 bits per heavy atom. The van der Waals surface area contributed by atoms with Crippen LogP contribution in [0.25, 0.3) is 0 Å². The zero-order chi connectivity index (χ0) is 10.6. The molecule has 96 valence electrons. The maximum absolute atomic E-state index is 9.59. The van der Waals surface area contributed by atoms with Crippen LogP contribution in [-0.2, 0) is 4.74 Å². The van der Waals surface area contributed by atoms with Crippen molar-refractivity contribution < 1.29 is 9.84 Å². The molecule has 0 bridgehead atoms. The maximum atomic E-state index is 9.59. The van der Waals surface area contributed by atoms with E-state index in [0.717, 1.165) is 39.0 Å². The molecule has 0 spiro atoms. The van der Waals surface area contributed by atoms with E-state index in [-0.39, 0.29) is 17.8 Å². The van der Waals surface area contributed by atoms with E-state index in [0.29, 0.717) is 12.7 Å². The van der Waals surface area contributed by atoms with Gasteiger partial charge in [-0.15, -0.1) is 12.4 Å². The van der Waals surface area contributed by atoms with Gasteiger partial charge in [0.05, 0.1) is 6.10 Å². The van der Waals surface area contributed by atoms with Crippen molar-refractivity contribution in [2.24, 2.45) is 5.41 Å². The summed E-state index contributed by atoms with van der Waals surface area (Å²) in [5.74, 6) is 0. The lowest BCUT2D eigenvalue weighted by Crippen LogP contribution is -2.42. The van der Waals surface area contributed by atoms with Crippen LogP contribution in [-0.4, -0.2) is 37.5 Å².